The van der Waals surface area contributed by atoms with E-state index in [2.05, 4.69) is 10.6 Å². The Bertz CT molecular complexity index is 410. The van der Waals surface area contributed by atoms with Crippen LogP contribution in [0.2, 0.25) is 0 Å². The molecule has 0 aromatic heterocycles. The monoisotopic (exact) mass is 370 g/mol. The summed E-state index contributed by atoms with van der Waals surface area (Å²) in [5.74, 6) is -0.554. The molecule has 2 rings (SSSR count). The van der Waals surface area contributed by atoms with E-state index in [4.69, 9.17) is 0 Å². The SMILES string of the molecule is Cl.O=C(NC1CCNC1)c1ccc(I)c(F)c1. The largest absolute Gasteiger partial charge is 0.348 e. The Balaban J connectivity index is 0.00000144. The van der Waals surface area contributed by atoms with Crippen LogP contribution in [0.25, 0.3) is 0 Å². The van der Waals surface area contributed by atoms with Gasteiger partial charge < -0.3 is 10.6 Å². The van der Waals surface area contributed by atoms with Gasteiger partial charge in [-0.3, -0.25) is 4.79 Å². The van der Waals surface area contributed by atoms with Gasteiger partial charge in [0.15, 0.2) is 0 Å². The van der Waals surface area contributed by atoms with Crippen molar-refractivity contribution in [2.24, 2.45) is 0 Å². The Morgan fingerprint density at radius 1 is 1.53 bits per heavy atom. The zero-order valence-electron chi connectivity index (χ0n) is 9.00. The van der Waals surface area contributed by atoms with Gasteiger partial charge in [0.1, 0.15) is 5.82 Å². The molecule has 1 unspecified atom stereocenters. The Hall–Kier alpha value is -0.400. The van der Waals surface area contributed by atoms with E-state index in [1.807, 2.05) is 22.6 Å². The standard InChI is InChI=1S/C11H12FIN2O.ClH/c12-9-5-7(1-2-10(9)13)11(16)15-8-3-4-14-6-8;/h1-2,5,8,14H,3-4,6H2,(H,15,16);1H. The molecule has 17 heavy (non-hydrogen) atoms. The van der Waals surface area contributed by atoms with Crippen molar-refractivity contribution in [1.29, 1.82) is 0 Å². The Morgan fingerprint density at radius 2 is 2.29 bits per heavy atom. The van der Waals surface area contributed by atoms with Crippen molar-refractivity contribution in [2.45, 2.75) is 12.5 Å². The summed E-state index contributed by atoms with van der Waals surface area (Å²) in [5, 5.41) is 6.03. The van der Waals surface area contributed by atoms with Gasteiger partial charge in [0.05, 0.1) is 0 Å². The van der Waals surface area contributed by atoms with Crippen LogP contribution in [0.15, 0.2) is 18.2 Å². The summed E-state index contributed by atoms with van der Waals surface area (Å²) in [7, 11) is 0. The van der Waals surface area contributed by atoms with Crippen molar-refractivity contribution >= 4 is 40.9 Å². The second kappa shape index (κ2) is 6.51. The van der Waals surface area contributed by atoms with Crippen LogP contribution in [0.5, 0.6) is 0 Å². The van der Waals surface area contributed by atoms with E-state index in [-0.39, 0.29) is 30.2 Å². The van der Waals surface area contributed by atoms with Crippen molar-refractivity contribution in [3.63, 3.8) is 0 Å². The number of carbonyl (C=O) groups excluding carboxylic acids is 1. The summed E-state index contributed by atoms with van der Waals surface area (Å²) in [6, 6.07) is 4.69. The molecule has 3 nitrogen and oxygen atoms in total. The number of carbonyl (C=O) groups is 1. The van der Waals surface area contributed by atoms with Gasteiger partial charge in [-0.15, -0.1) is 12.4 Å². The van der Waals surface area contributed by atoms with Gasteiger partial charge in [-0.2, -0.15) is 0 Å². The first-order valence-corrected chi connectivity index (χ1v) is 6.21. The molecule has 0 radical (unpaired) electrons. The maximum Gasteiger partial charge on any atom is 0.251 e. The molecule has 2 N–H and O–H groups in total. The number of halogens is 3. The molecule has 94 valence electrons. The van der Waals surface area contributed by atoms with E-state index in [0.717, 1.165) is 19.5 Å². The number of benzene rings is 1. The van der Waals surface area contributed by atoms with E-state index >= 15 is 0 Å². The molecule has 1 amide bonds. The Morgan fingerprint density at radius 3 is 2.88 bits per heavy atom. The van der Waals surface area contributed by atoms with Crippen LogP contribution in [0.4, 0.5) is 4.39 Å². The fourth-order valence-corrected chi connectivity index (χ4v) is 2.02. The third kappa shape index (κ3) is 3.79. The van der Waals surface area contributed by atoms with Crippen molar-refractivity contribution in [1.82, 2.24) is 10.6 Å². The minimum atomic E-state index is -0.349. The van der Waals surface area contributed by atoms with Crippen LogP contribution in [0.3, 0.4) is 0 Å². The van der Waals surface area contributed by atoms with Gasteiger partial charge in [0, 0.05) is 21.7 Å². The molecular weight excluding hydrogens is 357 g/mol. The lowest BCUT2D eigenvalue weighted by molar-refractivity contribution is 0.0939. The highest BCUT2D eigenvalue weighted by atomic mass is 127. The van der Waals surface area contributed by atoms with Crippen molar-refractivity contribution in [3.05, 3.63) is 33.1 Å². The highest BCUT2D eigenvalue weighted by Gasteiger charge is 2.17. The average Bonchev–Trinajstić information content (AvgIpc) is 2.74. The van der Waals surface area contributed by atoms with Crippen LogP contribution < -0.4 is 10.6 Å². The molecule has 1 aromatic carbocycles. The van der Waals surface area contributed by atoms with Crippen LogP contribution in [0.1, 0.15) is 16.8 Å². The fraction of sp³-hybridized carbons (Fsp3) is 0.364. The molecule has 0 spiro atoms. The Kier molecular flexibility index (Phi) is 5.61. The zero-order valence-corrected chi connectivity index (χ0v) is 12.0. The van der Waals surface area contributed by atoms with Gasteiger partial charge in [0.2, 0.25) is 0 Å². The van der Waals surface area contributed by atoms with Crippen LogP contribution in [0, 0.1) is 9.39 Å². The lowest BCUT2D eigenvalue weighted by Crippen LogP contribution is -2.36. The van der Waals surface area contributed by atoms with Crippen LogP contribution >= 0.6 is 35.0 Å². The van der Waals surface area contributed by atoms with E-state index in [1.165, 1.54) is 6.07 Å². The predicted molar refractivity (Wildman–Crippen MR) is 75.1 cm³/mol. The number of amides is 1. The molecule has 1 aromatic rings. The molecule has 1 fully saturated rings. The molecule has 0 saturated carbocycles. The second-order valence-corrected chi connectivity index (χ2v) is 4.95. The lowest BCUT2D eigenvalue weighted by Gasteiger charge is -2.11. The van der Waals surface area contributed by atoms with Crippen molar-refractivity contribution in [2.75, 3.05) is 13.1 Å². The minimum Gasteiger partial charge on any atom is -0.348 e. The second-order valence-electron chi connectivity index (χ2n) is 3.79. The first-order chi connectivity index (χ1) is 7.66. The quantitative estimate of drug-likeness (QED) is 0.781. The van der Waals surface area contributed by atoms with Gasteiger partial charge in [-0.1, -0.05) is 0 Å². The number of hydrogen-bond donors (Lipinski definition) is 2. The fourth-order valence-electron chi connectivity index (χ4n) is 1.68. The van der Waals surface area contributed by atoms with E-state index in [9.17, 15) is 9.18 Å². The summed E-state index contributed by atoms with van der Waals surface area (Å²) in [6.07, 6.45) is 0.929. The van der Waals surface area contributed by atoms with E-state index < -0.39 is 0 Å². The molecule has 1 saturated heterocycles. The number of hydrogen-bond acceptors (Lipinski definition) is 2. The number of nitrogens with one attached hydrogen (secondary N) is 2. The third-order valence-corrected chi connectivity index (χ3v) is 3.45. The molecule has 6 heteroatoms. The average molecular weight is 371 g/mol. The third-order valence-electron chi connectivity index (χ3n) is 2.58. The van der Waals surface area contributed by atoms with Gasteiger partial charge in [-0.25, -0.2) is 4.39 Å². The summed E-state index contributed by atoms with van der Waals surface area (Å²) < 4.78 is 13.8. The number of rotatable bonds is 2. The van der Waals surface area contributed by atoms with Gasteiger partial charge in [-0.05, 0) is 53.8 Å². The maximum absolute atomic E-state index is 13.3. The molecule has 1 aliphatic heterocycles. The van der Waals surface area contributed by atoms with Crippen molar-refractivity contribution in [3.8, 4) is 0 Å². The molecule has 1 heterocycles. The van der Waals surface area contributed by atoms with Crippen LogP contribution in [-0.4, -0.2) is 25.0 Å². The predicted octanol–water partition coefficient (Wildman–Crippen LogP) is 1.94. The summed E-state index contributed by atoms with van der Waals surface area (Å²) >= 11 is 1.90. The summed E-state index contributed by atoms with van der Waals surface area (Å²) in [5.41, 5.74) is 0.379. The highest BCUT2D eigenvalue weighted by molar-refractivity contribution is 14.1. The van der Waals surface area contributed by atoms with E-state index in [1.54, 1.807) is 12.1 Å². The molecule has 1 aliphatic rings. The Labute approximate surface area is 119 Å². The molecule has 0 aliphatic carbocycles. The normalized spacial score (nSPS) is 18.6. The first kappa shape index (κ1) is 14.7. The zero-order chi connectivity index (χ0) is 11.5. The first-order valence-electron chi connectivity index (χ1n) is 5.13. The van der Waals surface area contributed by atoms with Gasteiger partial charge >= 0.3 is 0 Å². The maximum atomic E-state index is 13.3. The van der Waals surface area contributed by atoms with Crippen molar-refractivity contribution < 1.29 is 9.18 Å². The molecular formula is C11H13ClFIN2O. The van der Waals surface area contributed by atoms with Crippen LogP contribution in [-0.2, 0) is 0 Å². The van der Waals surface area contributed by atoms with Gasteiger partial charge in [0.25, 0.3) is 5.91 Å². The highest BCUT2D eigenvalue weighted by Crippen LogP contribution is 2.13. The minimum absolute atomic E-state index is 0. The van der Waals surface area contributed by atoms with E-state index in [0.29, 0.717) is 9.13 Å². The topological polar surface area (TPSA) is 41.1 Å². The summed E-state index contributed by atoms with van der Waals surface area (Å²) in [4.78, 5) is 11.8. The summed E-state index contributed by atoms with van der Waals surface area (Å²) in [6.45, 7) is 1.71. The lowest BCUT2D eigenvalue weighted by atomic mass is 10.2. The molecule has 1 atom stereocenters. The molecule has 0 bridgehead atoms. The smallest absolute Gasteiger partial charge is 0.251 e.